The summed E-state index contributed by atoms with van der Waals surface area (Å²) in [7, 11) is 0. The summed E-state index contributed by atoms with van der Waals surface area (Å²) < 4.78 is 26.7. The lowest BCUT2D eigenvalue weighted by Gasteiger charge is -2.12. The summed E-state index contributed by atoms with van der Waals surface area (Å²) in [5.74, 6) is -1.61. The summed E-state index contributed by atoms with van der Waals surface area (Å²) in [6.45, 7) is 1.92. The molecule has 0 bridgehead atoms. The van der Waals surface area contributed by atoms with Crippen molar-refractivity contribution in [3.05, 3.63) is 69.7 Å². The zero-order valence-corrected chi connectivity index (χ0v) is 12.6. The van der Waals surface area contributed by atoms with Crippen LogP contribution in [-0.2, 0) is 6.42 Å². The molecule has 2 aromatic carbocycles. The van der Waals surface area contributed by atoms with E-state index in [1.165, 1.54) is 6.07 Å². The minimum absolute atomic E-state index is 0.109. The Hall–Kier alpha value is -0.930. The largest absolute Gasteiger partial charge is 0.204 e. The van der Waals surface area contributed by atoms with E-state index in [2.05, 4.69) is 15.9 Å². The Morgan fingerprint density at radius 3 is 2.63 bits per heavy atom. The van der Waals surface area contributed by atoms with Crippen LogP contribution in [0.15, 0.2) is 36.4 Å². The summed E-state index contributed by atoms with van der Waals surface area (Å²) in [6.07, 6.45) is 0.364. The molecule has 4 heteroatoms. The van der Waals surface area contributed by atoms with Gasteiger partial charge in [0.1, 0.15) is 0 Å². The van der Waals surface area contributed by atoms with Crippen molar-refractivity contribution < 1.29 is 8.78 Å². The van der Waals surface area contributed by atoms with Crippen LogP contribution in [0, 0.1) is 18.6 Å². The zero-order valence-electron chi connectivity index (χ0n) is 10.3. The van der Waals surface area contributed by atoms with E-state index >= 15 is 0 Å². The maximum absolute atomic E-state index is 13.6. The minimum Gasteiger partial charge on any atom is -0.204 e. The second-order valence-electron chi connectivity index (χ2n) is 4.39. The Labute approximate surface area is 124 Å². The summed E-state index contributed by atoms with van der Waals surface area (Å²) in [4.78, 5) is -0.109. The van der Waals surface area contributed by atoms with E-state index in [0.717, 1.165) is 17.2 Å². The molecule has 0 fully saturated rings. The normalized spacial score (nSPS) is 12.5. The molecule has 0 radical (unpaired) electrons. The highest BCUT2D eigenvalue weighted by molar-refractivity contribution is 9.09. The number of halogens is 4. The molecule has 0 nitrogen and oxygen atoms in total. The average Bonchev–Trinajstić information content (AvgIpc) is 2.38. The Morgan fingerprint density at radius 2 is 1.95 bits per heavy atom. The smallest absolute Gasteiger partial charge is 0.162 e. The van der Waals surface area contributed by atoms with Gasteiger partial charge in [-0.05, 0) is 42.2 Å². The molecule has 0 spiro atoms. The molecule has 2 rings (SSSR count). The molecule has 0 heterocycles. The Bertz CT molecular complexity index is 599. The van der Waals surface area contributed by atoms with Crippen molar-refractivity contribution in [2.75, 3.05) is 0 Å². The molecule has 0 saturated heterocycles. The van der Waals surface area contributed by atoms with E-state index in [-0.39, 0.29) is 4.83 Å². The first-order valence-corrected chi connectivity index (χ1v) is 7.11. The molecule has 0 aliphatic carbocycles. The highest BCUT2D eigenvalue weighted by Gasteiger charge is 2.14. The van der Waals surface area contributed by atoms with Crippen molar-refractivity contribution in [2.45, 2.75) is 18.2 Å². The number of hydrogen-bond donors (Lipinski definition) is 0. The van der Waals surface area contributed by atoms with Gasteiger partial charge < -0.3 is 0 Å². The molecule has 0 amide bonds. The summed E-state index contributed by atoms with van der Waals surface area (Å²) >= 11 is 9.55. The number of rotatable bonds is 3. The predicted molar refractivity (Wildman–Crippen MR) is 77.9 cm³/mol. The SMILES string of the molecule is Cc1ccc(C(Br)Cc2cccc(F)c2F)cc1Cl. The van der Waals surface area contributed by atoms with Crippen LogP contribution in [0.1, 0.15) is 21.5 Å². The zero-order chi connectivity index (χ0) is 14.0. The van der Waals surface area contributed by atoms with Gasteiger partial charge in [-0.3, -0.25) is 0 Å². The lowest BCUT2D eigenvalue weighted by molar-refractivity contribution is 0.498. The highest BCUT2D eigenvalue weighted by atomic mass is 79.9. The van der Waals surface area contributed by atoms with Crippen LogP contribution in [0.3, 0.4) is 0 Å². The van der Waals surface area contributed by atoms with Gasteiger partial charge in [0, 0.05) is 9.85 Å². The average molecular weight is 346 g/mol. The molecule has 1 unspecified atom stereocenters. The summed E-state index contributed by atoms with van der Waals surface area (Å²) in [6, 6.07) is 9.89. The third-order valence-corrected chi connectivity index (χ3v) is 4.25. The van der Waals surface area contributed by atoms with E-state index in [1.807, 2.05) is 25.1 Å². The van der Waals surface area contributed by atoms with Gasteiger partial charge in [-0.1, -0.05) is 51.8 Å². The van der Waals surface area contributed by atoms with Crippen molar-refractivity contribution in [1.29, 1.82) is 0 Å². The second-order valence-corrected chi connectivity index (χ2v) is 5.91. The molecule has 2 aromatic rings. The van der Waals surface area contributed by atoms with Gasteiger partial charge in [-0.2, -0.15) is 0 Å². The number of benzene rings is 2. The van der Waals surface area contributed by atoms with Gasteiger partial charge in [0.25, 0.3) is 0 Å². The van der Waals surface area contributed by atoms with Gasteiger partial charge in [0.05, 0.1) is 0 Å². The second kappa shape index (κ2) is 6.02. The molecule has 100 valence electrons. The fraction of sp³-hybridized carbons (Fsp3) is 0.200. The van der Waals surface area contributed by atoms with Crippen LogP contribution in [-0.4, -0.2) is 0 Å². The molecule has 0 N–H and O–H groups in total. The standard InChI is InChI=1S/C15H12BrClF2/c1-9-5-6-10(8-13(9)17)12(16)7-11-3-2-4-14(18)15(11)19/h2-6,8,12H,7H2,1H3. The molecule has 0 saturated carbocycles. The maximum Gasteiger partial charge on any atom is 0.162 e. The van der Waals surface area contributed by atoms with E-state index < -0.39 is 11.6 Å². The number of alkyl halides is 1. The lowest BCUT2D eigenvalue weighted by atomic mass is 10.0. The molecular formula is C15H12BrClF2. The van der Waals surface area contributed by atoms with Gasteiger partial charge in [-0.25, -0.2) is 8.78 Å². The molecule has 0 aromatic heterocycles. The van der Waals surface area contributed by atoms with Gasteiger partial charge in [0.2, 0.25) is 0 Å². The van der Waals surface area contributed by atoms with Gasteiger partial charge in [0.15, 0.2) is 11.6 Å². The van der Waals surface area contributed by atoms with Crippen molar-refractivity contribution >= 4 is 27.5 Å². The van der Waals surface area contributed by atoms with Gasteiger partial charge >= 0.3 is 0 Å². The van der Waals surface area contributed by atoms with E-state index in [4.69, 9.17) is 11.6 Å². The van der Waals surface area contributed by atoms with Crippen LogP contribution in [0.2, 0.25) is 5.02 Å². The lowest BCUT2D eigenvalue weighted by Crippen LogP contribution is -2.00. The van der Waals surface area contributed by atoms with E-state index in [9.17, 15) is 8.78 Å². The van der Waals surface area contributed by atoms with E-state index in [0.29, 0.717) is 17.0 Å². The van der Waals surface area contributed by atoms with Crippen molar-refractivity contribution in [3.63, 3.8) is 0 Å². The van der Waals surface area contributed by atoms with Crippen LogP contribution in [0.5, 0.6) is 0 Å². The Balaban J connectivity index is 2.23. The summed E-state index contributed by atoms with van der Waals surface area (Å²) in [5.41, 5.74) is 2.28. The van der Waals surface area contributed by atoms with Crippen molar-refractivity contribution in [2.24, 2.45) is 0 Å². The minimum atomic E-state index is -0.820. The molecule has 0 aliphatic rings. The quantitative estimate of drug-likeness (QED) is 0.635. The Morgan fingerprint density at radius 1 is 1.21 bits per heavy atom. The molecule has 1 atom stereocenters. The highest BCUT2D eigenvalue weighted by Crippen LogP contribution is 2.31. The predicted octanol–water partition coefficient (Wildman–Crippen LogP) is 5.61. The van der Waals surface area contributed by atoms with Crippen LogP contribution in [0.25, 0.3) is 0 Å². The molecule has 19 heavy (non-hydrogen) atoms. The summed E-state index contributed by atoms with van der Waals surface area (Å²) in [5, 5.41) is 0.668. The fourth-order valence-corrected chi connectivity index (χ4v) is 2.64. The van der Waals surface area contributed by atoms with Gasteiger partial charge in [-0.15, -0.1) is 0 Å². The third kappa shape index (κ3) is 3.34. The monoisotopic (exact) mass is 344 g/mol. The van der Waals surface area contributed by atoms with Crippen LogP contribution >= 0.6 is 27.5 Å². The molecular weight excluding hydrogens is 334 g/mol. The molecule has 0 aliphatic heterocycles. The number of aryl methyl sites for hydroxylation is 1. The maximum atomic E-state index is 13.6. The third-order valence-electron chi connectivity index (χ3n) is 2.99. The van der Waals surface area contributed by atoms with Crippen LogP contribution < -0.4 is 0 Å². The number of hydrogen-bond acceptors (Lipinski definition) is 0. The van der Waals surface area contributed by atoms with Crippen molar-refractivity contribution in [1.82, 2.24) is 0 Å². The Kier molecular flexibility index (Phi) is 4.58. The first-order valence-electron chi connectivity index (χ1n) is 5.82. The first kappa shape index (κ1) is 14.5. The van der Waals surface area contributed by atoms with Crippen molar-refractivity contribution in [3.8, 4) is 0 Å². The first-order chi connectivity index (χ1) is 8.99. The topological polar surface area (TPSA) is 0 Å². The van der Waals surface area contributed by atoms with E-state index in [1.54, 1.807) is 6.07 Å². The fourth-order valence-electron chi connectivity index (χ4n) is 1.82. The van der Waals surface area contributed by atoms with Crippen LogP contribution in [0.4, 0.5) is 8.78 Å².